The maximum absolute atomic E-state index is 13.0. The molecule has 0 fully saturated rings. The lowest BCUT2D eigenvalue weighted by Gasteiger charge is -2.07. The van der Waals surface area contributed by atoms with E-state index in [1.54, 1.807) is 19.1 Å². The molecule has 0 amide bonds. The number of rotatable bonds is 2. The summed E-state index contributed by atoms with van der Waals surface area (Å²) in [7, 11) is 0. The fourth-order valence-corrected chi connectivity index (χ4v) is 1.85. The van der Waals surface area contributed by atoms with Gasteiger partial charge in [-0.2, -0.15) is 0 Å². The second kappa shape index (κ2) is 4.50. The molecule has 2 rings (SSSR count). The highest BCUT2D eigenvalue weighted by Gasteiger charge is 2.13. The Hall–Kier alpha value is -1.96. The lowest BCUT2D eigenvalue weighted by Crippen LogP contribution is -2.05. The molecule has 2 aromatic rings. The molecule has 17 heavy (non-hydrogen) atoms. The van der Waals surface area contributed by atoms with Gasteiger partial charge in [0.2, 0.25) is 0 Å². The average Bonchev–Trinajstić information content (AvgIpc) is 2.29. The standard InChI is InChI=1S/C15H13FO/c1-10-5-3-4-6-13(10)15(17)14-8-7-12(16)9-11(14)2/h3-9H,1-2H3. The van der Waals surface area contributed by atoms with E-state index in [4.69, 9.17) is 0 Å². The Kier molecular flexibility index (Phi) is 3.05. The molecule has 2 heteroatoms. The van der Waals surface area contributed by atoms with Gasteiger partial charge in [-0.05, 0) is 43.2 Å². The minimum absolute atomic E-state index is 0.0550. The molecule has 0 bridgehead atoms. The normalized spacial score (nSPS) is 10.3. The maximum Gasteiger partial charge on any atom is 0.193 e. The van der Waals surface area contributed by atoms with Crippen molar-refractivity contribution in [2.24, 2.45) is 0 Å². The third kappa shape index (κ3) is 2.26. The van der Waals surface area contributed by atoms with Gasteiger partial charge in [-0.15, -0.1) is 0 Å². The third-order valence-electron chi connectivity index (χ3n) is 2.82. The Labute approximate surface area is 99.9 Å². The van der Waals surface area contributed by atoms with Crippen molar-refractivity contribution in [3.8, 4) is 0 Å². The van der Waals surface area contributed by atoms with E-state index in [2.05, 4.69) is 0 Å². The van der Waals surface area contributed by atoms with Crippen molar-refractivity contribution in [1.29, 1.82) is 0 Å². The van der Waals surface area contributed by atoms with Gasteiger partial charge in [-0.3, -0.25) is 4.79 Å². The Morgan fingerprint density at radius 2 is 1.59 bits per heavy atom. The predicted octanol–water partition coefficient (Wildman–Crippen LogP) is 3.67. The molecule has 0 spiro atoms. The number of hydrogen-bond donors (Lipinski definition) is 0. The largest absolute Gasteiger partial charge is 0.289 e. The lowest BCUT2D eigenvalue weighted by molar-refractivity contribution is 0.103. The molecule has 0 saturated heterocycles. The first-order chi connectivity index (χ1) is 8.09. The summed E-state index contributed by atoms with van der Waals surface area (Å²) in [4.78, 5) is 12.3. The van der Waals surface area contributed by atoms with Crippen molar-refractivity contribution in [2.45, 2.75) is 13.8 Å². The van der Waals surface area contributed by atoms with E-state index in [9.17, 15) is 9.18 Å². The second-order valence-electron chi connectivity index (χ2n) is 4.10. The van der Waals surface area contributed by atoms with E-state index in [1.165, 1.54) is 12.1 Å². The molecule has 2 aromatic carbocycles. The van der Waals surface area contributed by atoms with Crippen molar-refractivity contribution in [3.05, 3.63) is 70.5 Å². The van der Waals surface area contributed by atoms with Crippen molar-refractivity contribution >= 4 is 5.78 Å². The first kappa shape index (κ1) is 11.5. The average molecular weight is 228 g/mol. The van der Waals surface area contributed by atoms with Crippen LogP contribution in [0.1, 0.15) is 27.0 Å². The summed E-state index contributed by atoms with van der Waals surface area (Å²) in [5, 5.41) is 0. The highest BCUT2D eigenvalue weighted by molar-refractivity contribution is 6.10. The number of aryl methyl sites for hydroxylation is 2. The van der Waals surface area contributed by atoms with Crippen LogP contribution in [0.2, 0.25) is 0 Å². The summed E-state index contributed by atoms with van der Waals surface area (Å²) in [6.07, 6.45) is 0. The zero-order valence-corrected chi connectivity index (χ0v) is 9.83. The van der Waals surface area contributed by atoms with Crippen LogP contribution >= 0.6 is 0 Å². The van der Waals surface area contributed by atoms with E-state index in [0.29, 0.717) is 16.7 Å². The van der Waals surface area contributed by atoms with Gasteiger partial charge in [0.05, 0.1) is 0 Å². The van der Waals surface area contributed by atoms with Gasteiger partial charge in [-0.1, -0.05) is 24.3 Å². The van der Waals surface area contributed by atoms with Crippen molar-refractivity contribution < 1.29 is 9.18 Å². The summed E-state index contributed by atoms with van der Waals surface area (Å²) < 4.78 is 13.0. The van der Waals surface area contributed by atoms with Crippen LogP contribution in [0.4, 0.5) is 4.39 Å². The van der Waals surface area contributed by atoms with Crippen LogP contribution in [0.25, 0.3) is 0 Å². The summed E-state index contributed by atoms with van der Waals surface area (Å²) >= 11 is 0. The minimum atomic E-state index is -0.316. The van der Waals surface area contributed by atoms with Crippen molar-refractivity contribution in [3.63, 3.8) is 0 Å². The molecule has 0 heterocycles. The van der Waals surface area contributed by atoms with E-state index in [0.717, 1.165) is 5.56 Å². The molecule has 86 valence electrons. The molecule has 0 radical (unpaired) electrons. The first-order valence-electron chi connectivity index (χ1n) is 5.46. The number of hydrogen-bond acceptors (Lipinski definition) is 1. The summed E-state index contributed by atoms with van der Waals surface area (Å²) in [5.41, 5.74) is 2.82. The van der Waals surface area contributed by atoms with Crippen molar-refractivity contribution in [2.75, 3.05) is 0 Å². The number of halogens is 1. The number of ketones is 1. The maximum atomic E-state index is 13.0. The smallest absolute Gasteiger partial charge is 0.193 e. The Morgan fingerprint density at radius 1 is 0.941 bits per heavy atom. The van der Waals surface area contributed by atoms with E-state index >= 15 is 0 Å². The zero-order chi connectivity index (χ0) is 12.4. The van der Waals surface area contributed by atoms with Gasteiger partial charge < -0.3 is 0 Å². The molecule has 0 aromatic heterocycles. The lowest BCUT2D eigenvalue weighted by atomic mass is 9.96. The summed E-state index contributed by atoms with van der Waals surface area (Å²) in [5.74, 6) is -0.371. The minimum Gasteiger partial charge on any atom is -0.289 e. The van der Waals surface area contributed by atoms with Crippen LogP contribution in [-0.4, -0.2) is 5.78 Å². The van der Waals surface area contributed by atoms with Gasteiger partial charge in [0.15, 0.2) is 5.78 Å². The molecule has 0 atom stereocenters. The van der Waals surface area contributed by atoms with Gasteiger partial charge in [-0.25, -0.2) is 4.39 Å². The van der Waals surface area contributed by atoms with Crippen LogP contribution in [0.5, 0.6) is 0 Å². The fraction of sp³-hybridized carbons (Fsp3) is 0.133. The predicted molar refractivity (Wildman–Crippen MR) is 65.7 cm³/mol. The van der Waals surface area contributed by atoms with E-state index in [-0.39, 0.29) is 11.6 Å². The number of benzene rings is 2. The van der Waals surface area contributed by atoms with Crippen LogP contribution in [0, 0.1) is 19.7 Å². The summed E-state index contributed by atoms with van der Waals surface area (Å²) in [6.45, 7) is 3.64. The topological polar surface area (TPSA) is 17.1 Å². The molecule has 0 aliphatic rings. The van der Waals surface area contributed by atoms with Crippen molar-refractivity contribution in [1.82, 2.24) is 0 Å². The molecule has 1 nitrogen and oxygen atoms in total. The first-order valence-corrected chi connectivity index (χ1v) is 5.46. The zero-order valence-electron chi connectivity index (χ0n) is 9.83. The number of carbonyl (C=O) groups is 1. The highest BCUT2D eigenvalue weighted by Crippen LogP contribution is 2.17. The molecule has 0 saturated carbocycles. The molecule has 0 unspecified atom stereocenters. The van der Waals surface area contributed by atoms with Crippen LogP contribution in [0.15, 0.2) is 42.5 Å². The van der Waals surface area contributed by atoms with Gasteiger partial charge in [0.1, 0.15) is 5.82 Å². The quantitative estimate of drug-likeness (QED) is 0.717. The van der Waals surface area contributed by atoms with Crippen LogP contribution < -0.4 is 0 Å². The molecule has 0 aliphatic carbocycles. The molecular formula is C15H13FO. The Morgan fingerprint density at radius 3 is 2.24 bits per heavy atom. The van der Waals surface area contributed by atoms with E-state index in [1.807, 2.05) is 25.1 Å². The van der Waals surface area contributed by atoms with Gasteiger partial charge >= 0.3 is 0 Å². The summed E-state index contributed by atoms with van der Waals surface area (Å²) in [6, 6.07) is 11.7. The van der Waals surface area contributed by atoms with Gasteiger partial charge in [0.25, 0.3) is 0 Å². The highest BCUT2D eigenvalue weighted by atomic mass is 19.1. The molecule has 0 aliphatic heterocycles. The third-order valence-corrected chi connectivity index (χ3v) is 2.82. The second-order valence-corrected chi connectivity index (χ2v) is 4.10. The molecular weight excluding hydrogens is 215 g/mol. The van der Waals surface area contributed by atoms with E-state index < -0.39 is 0 Å². The Balaban J connectivity index is 2.48. The monoisotopic (exact) mass is 228 g/mol. The SMILES string of the molecule is Cc1ccccc1C(=O)c1ccc(F)cc1C. The van der Waals surface area contributed by atoms with Crippen LogP contribution in [-0.2, 0) is 0 Å². The van der Waals surface area contributed by atoms with Crippen LogP contribution in [0.3, 0.4) is 0 Å². The number of carbonyl (C=O) groups excluding carboxylic acids is 1. The van der Waals surface area contributed by atoms with Gasteiger partial charge in [0, 0.05) is 11.1 Å². The fourth-order valence-electron chi connectivity index (χ4n) is 1.85. The molecule has 0 N–H and O–H groups in total. The Bertz CT molecular complexity index is 573.